The van der Waals surface area contributed by atoms with Gasteiger partial charge in [-0.25, -0.2) is 4.39 Å². The summed E-state index contributed by atoms with van der Waals surface area (Å²) in [5.74, 6) is -0.367. The predicted octanol–water partition coefficient (Wildman–Crippen LogP) is 1.15. The number of nitrogens with zero attached hydrogens (tertiary/aromatic N) is 1. The van der Waals surface area contributed by atoms with E-state index in [0.717, 1.165) is 12.8 Å². The van der Waals surface area contributed by atoms with E-state index in [0.29, 0.717) is 36.5 Å². The second kappa shape index (κ2) is 7.00. The van der Waals surface area contributed by atoms with Crippen molar-refractivity contribution < 1.29 is 18.8 Å². The molecule has 1 aromatic carbocycles. The number of hydroxylamine groups is 1. The van der Waals surface area contributed by atoms with Crippen LogP contribution in [-0.2, 0) is 14.4 Å². The molecule has 0 saturated carbocycles. The second-order valence-corrected chi connectivity index (χ2v) is 6.10. The molecule has 1 fully saturated rings. The molecule has 6 nitrogen and oxygen atoms in total. The number of nitrogens with one attached hydrogen (secondary N) is 2. The van der Waals surface area contributed by atoms with Crippen LogP contribution in [0.15, 0.2) is 24.3 Å². The Morgan fingerprint density at radius 2 is 2.38 bits per heavy atom. The number of carbonyl (C=O) groups is 2. The Kier molecular flexibility index (Phi) is 4.80. The summed E-state index contributed by atoms with van der Waals surface area (Å²) < 4.78 is 14.5. The number of likely N-dealkylation sites (tertiary alicyclic amines) is 1. The lowest BCUT2D eigenvalue weighted by atomic mass is 9.96. The van der Waals surface area contributed by atoms with E-state index in [4.69, 9.17) is 4.84 Å². The fraction of sp³-hybridized carbons (Fsp3) is 0.412. The van der Waals surface area contributed by atoms with Gasteiger partial charge in [0.15, 0.2) is 0 Å². The highest BCUT2D eigenvalue weighted by Crippen LogP contribution is 2.30. The van der Waals surface area contributed by atoms with Crippen LogP contribution in [-0.4, -0.2) is 43.0 Å². The first-order chi connectivity index (χ1) is 11.6. The molecule has 3 rings (SSSR count). The Hall–Kier alpha value is -2.41. The van der Waals surface area contributed by atoms with Crippen molar-refractivity contribution in [1.29, 1.82) is 0 Å². The van der Waals surface area contributed by atoms with Crippen LogP contribution in [0.4, 0.5) is 4.39 Å². The van der Waals surface area contributed by atoms with Gasteiger partial charge in [0, 0.05) is 31.5 Å². The van der Waals surface area contributed by atoms with Gasteiger partial charge in [-0.2, -0.15) is 0 Å². The quantitative estimate of drug-likeness (QED) is 0.793. The fourth-order valence-electron chi connectivity index (χ4n) is 3.06. The molecule has 2 N–H and O–H groups in total. The van der Waals surface area contributed by atoms with Crippen molar-refractivity contribution in [3.63, 3.8) is 0 Å². The minimum Gasteiger partial charge on any atom is -0.353 e. The zero-order chi connectivity index (χ0) is 17.1. The molecule has 2 aliphatic heterocycles. The minimum absolute atomic E-state index is 0.0403. The van der Waals surface area contributed by atoms with Crippen LogP contribution in [0.3, 0.4) is 0 Å². The zero-order valence-corrected chi connectivity index (χ0v) is 13.4. The molecule has 0 bridgehead atoms. The molecule has 1 saturated heterocycles. The Morgan fingerprint density at radius 1 is 1.54 bits per heavy atom. The maximum atomic E-state index is 14.5. The number of halogens is 1. The number of benzene rings is 1. The van der Waals surface area contributed by atoms with E-state index in [1.165, 1.54) is 13.0 Å². The summed E-state index contributed by atoms with van der Waals surface area (Å²) in [5.41, 5.74) is 4.77. The summed E-state index contributed by atoms with van der Waals surface area (Å²) in [6, 6.07) is 5.08. The van der Waals surface area contributed by atoms with Crippen LogP contribution >= 0.6 is 0 Å². The van der Waals surface area contributed by atoms with Gasteiger partial charge in [-0.3, -0.25) is 19.9 Å². The van der Waals surface area contributed by atoms with Gasteiger partial charge in [-0.05, 0) is 24.1 Å². The van der Waals surface area contributed by atoms with Gasteiger partial charge in [0.2, 0.25) is 12.3 Å². The van der Waals surface area contributed by atoms with Gasteiger partial charge >= 0.3 is 0 Å². The third-order valence-electron chi connectivity index (χ3n) is 4.35. The molecule has 0 radical (unpaired) electrons. The molecule has 2 unspecified atom stereocenters. The Balaban J connectivity index is 1.70. The van der Waals surface area contributed by atoms with Crippen LogP contribution in [0.2, 0.25) is 0 Å². The van der Waals surface area contributed by atoms with Crippen molar-refractivity contribution in [1.82, 2.24) is 15.7 Å². The SMILES string of the molecule is CC(=O)NCC1C=C(c2ccc(C3CCN(C=O)C3)c(F)c2)NO1. The Bertz CT molecular complexity index is 677. The standard InChI is InChI=1S/C17H20FN3O3/c1-11(23)19-8-14-7-17(20-24-14)12-2-3-15(16(18)6-12)13-4-5-21(9-13)10-22/h2-3,6-7,10,13-14,20H,4-5,8-9H2,1H3,(H,19,23). The second-order valence-electron chi connectivity index (χ2n) is 6.10. The lowest BCUT2D eigenvalue weighted by Gasteiger charge is -2.13. The number of amides is 2. The van der Waals surface area contributed by atoms with Gasteiger partial charge in [0.1, 0.15) is 11.9 Å². The summed E-state index contributed by atoms with van der Waals surface area (Å²) in [5, 5.41) is 2.67. The van der Waals surface area contributed by atoms with Gasteiger partial charge in [-0.15, -0.1) is 0 Å². The first-order valence-corrected chi connectivity index (χ1v) is 7.94. The molecule has 2 atom stereocenters. The third-order valence-corrected chi connectivity index (χ3v) is 4.35. The lowest BCUT2D eigenvalue weighted by molar-refractivity contribution is -0.119. The maximum Gasteiger partial charge on any atom is 0.216 e. The highest BCUT2D eigenvalue weighted by atomic mass is 19.1. The predicted molar refractivity (Wildman–Crippen MR) is 86.1 cm³/mol. The largest absolute Gasteiger partial charge is 0.353 e. The van der Waals surface area contributed by atoms with Crippen LogP contribution in [0.1, 0.15) is 30.4 Å². The molecule has 128 valence electrons. The Labute approximate surface area is 139 Å². The molecule has 2 heterocycles. The smallest absolute Gasteiger partial charge is 0.216 e. The van der Waals surface area contributed by atoms with E-state index in [-0.39, 0.29) is 23.7 Å². The molecular formula is C17H20FN3O3. The first kappa shape index (κ1) is 16.4. The first-order valence-electron chi connectivity index (χ1n) is 7.94. The molecular weight excluding hydrogens is 313 g/mol. The molecule has 24 heavy (non-hydrogen) atoms. The number of hydrogen-bond acceptors (Lipinski definition) is 4. The summed E-state index contributed by atoms with van der Waals surface area (Å²) in [4.78, 5) is 28.7. The molecule has 7 heteroatoms. The maximum absolute atomic E-state index is 14.5. The normalized spacial score (nSPS) is 22.9. The van der Waals surface area contributed by atoms with Crippen LogP contribution < -0.4 is 10.8 Å². The summed E-state index contributed by atoms with van der Waals surface area (Å²) in [6.07, 6.45) is 3.11. The number of hydrogen-bond donors (Lipinski definition) is 2. The van der Waals surface area contributed by atoms with Gasteiger partial charge in [-0.1, -0.05) is 12.1 Å². The molecule has 2 aliphatic rings. The highest BCUT2D eigenvalue weighted by Gasteiger charge is 2.26. The Morgan fingerprint density at radius 3 is 3.04 bits per heavy atom. The molecule has 0 spiro atoms. The van der Waals surface area contributed by atoms with E-state index in [9.17, 15) is 14.0 Å². The zero-order valence-electron chi connectivity index (χ0n) is 13.4. The van der Waals surface area contributed by atoms with E-state index < -0.39 is 0 Å². The lowest BCUT2D eigenvalue weighted by Crippen LogP contribution is -2.30. The van der Waals surface area contributed by atoms with E-state index in [1.54, 1.807) is 11.0 Å². The van der Waals surface area contributed by atoms with Gasteiger partial charge in [0.25, 0.3) is 0 Å². The van der Waals surface area contributed by atoms with Crippen molar-refractivity contribution in [3.05, 3.63) is 41.2 Å². The van der Waals surface area contributed by atoms with Crippen molar-refractivity contribution in [2.45, 2.75) is 25.4 Å². The molecule has 0 aliphatic carbocycles. The minimum atomic E-state index is -0.289. The summed E-state index contributed by atoms with van der Waals surface area (Å²) in [6.45, 7) is 3.02. The topological polar surface area (TPSA) is 70.7 Å². The third kappa shape index (κ3) is 3.56. The van der Waals surface area contributed by atoms with E-state index >= 15 is 0 Å². The van der Waals surface area contributed by atoms with Crippen LogP contribution in [0, 0.1) is 5.82 Å². The van der Waals surface area contributed by atoms with E-state index in [1.807, 2.05) is 12.1 Å². The fourth-order valence-corrected chi connectivity index (χ4v) is 3.06. The number of rotatable bonds is 5. The van der Waals surface area contributed by atoms with Crippen molar-refractivity contribution in [2.24, 2.45) is 0 Å². The summed E-state index contributed by atoms with van der Waals surface area (Å²) in [7, 11) is 0. The van der Waals surface area contributed by atoms with Crippen molar-refractivity contribution in [2.75, 3.05) is 19.6 Å². The molecule has 1 aromatic rings. The monoisotopic (exact) mass is 333 g/mol. The van der Waals surface area contributed by atoms with Crippen molar-refractivity contribution >= 4 is 18.0 Å². The van der Waals surface area contributed by atoms with Gasteiger partial charge < -0.3 is 10.2 Å². The summed E-state index contributed by atoms with van der Waals surface area (Å²) >= 11 is 0. The van der Waals surface area contributed by atoms with E-state index in [2.05, 4.69) is 10.8 Å². The average Bonchev–Trinajstić information content (AvgIpc) is 3.22. The number of carbonyl (C=O) groups excluding carboxylic acids is 2. The average molecular weight is 333 g/mol. The molecule has 2 amide bonds. The van der Waals surface area contributed by atoms with Crippen LogP contribution in [0.25, 0.3) is 5.70 Å². The molecule has 0 aromatic heterocycles. The van der Waals surface area contributed by atoms with Crippen LogP contribution in [0.5, 0.6) is 0 Å². The van der Waals surface area contributed by atoms with Crippen molar-refractivity contribution in [3.8, 4) is 0 Å². The highest BCUT2D eigenvalue weighted by molar-refractivity contribution is 5.73. The van der Waals surface area contributed by atoms with Gasteiger partial charge in [0.05, 0.1) is 12.2 Å².